The number of hydrogen-bond acceptors (Lipinski definition) is 7. The molecule has 3 aromatic rings. The Morgan fingerprint density at radius 3 is 2.77 bits per heavy atom. The summed E-state index contributed by atoms with van der Waals surface area (Å²) in [6.07, 6.45) is -1.06. The summed E-state index contributed by atoms with van der Waals surface area (Å²) in [4.78, 5) is 8.76. The third kappa shape index (κ3) is 3.46. The van der Waals surface area contributed by atoms with Crippen molar-refractivity contribution in [2.24, 2.45) is 0 Å². The van der Waals surface area contributed by atoms with Gasteiger partial charge in [-0.3, -0.25) is 0 Å². The molecule has 9 heteroatoms. The van der Waals surface area contributed by atoms with Crippen LogP contribution in [-0.4, -0.2) is 54.8 Å². The van der Waals surface area contributed by atoms with E-state index in [-0.39, 0.29) is 13.2 Å². The Bertz CT molecular complexity index is 1090. The van der Waals surface area contributed by atoms with Gasteiger partial charge in [0, 0.05) is 15.9 Å². The minimum absolute atomic E-state index is 0.0291. The van der Waals surface area contributed by atoms with Crippen LogP contribution < -0.4 is 14.8 Å². The van der Waals surface area contributed by atoms with Gasteiger partial charge in [-0.05, 0) is 34.1 Å². The average molecular weight is 476 g/mol. The maximum Gasteiger partial charge on any atom is 0.164 e. The first kappa shape index (κ1) is 19.5. The monoisotopic (exact) mass is 475 g/mol. The first-order chi connectivity index (χ1) is 14.6. The number of alkyl halides is 1. The van der Waals surface area contributed by atoms with Gasteiger partial charge >= 0.3 is 0 Å². The van der Waals surface area contributed by atoms with Crippen LogP contribution in [0, 0.1) is 0 Å². The molecule has 0 spiro atoms. The van der Waals surface area contributed by atoms with E-state index in [1.54, 1.807) is 13.2 Å². The Morgan fingerprint density at radius 2 is 1.93 bits per heavy atom. The molecule has 1 aromatic heterocycles. The molecule has 0 aliphatic carbocycles. The number of anilines is 2. The standard InChI is InChI=1S/C21H19BrFN3O4/c1-27-16-6-11-15(24-10-25-21(11)26-14-5-3-2-4-12(14)22)7-17(16)30-18-9-29-19-13(23)8-28-20(18)19/h2-7,10,13,18-20H,8-9H2,1H3,(H,24,25,26)/t13-,18?,19+,20+/m1/s1. The molecule has 0 amide bonds. The molecule has 4 atom stereocenters. The molecule has 1 N–H and O–H groups in total. The summed E-state index contributed by atoms with van der Waals surface area (Å²) in [5, 5.41) is 4.09. The number of fused-ring (bicyclic) bond motifs is 2. The Labute approximate surface area is 180 Å². The number of benzene rings is 2. The second kappa shape index (κ2) is 7.98. The molecular formula is C21H19BrFN3O4. The summed E-state index contributed by atoms with van der Waals surface area (Å²) in [6.45, 7) is 0.289. The number of para-hydroxylation sites is 1. The number of nitrogens with zero attached hydrogens (tertiary/aromatic N) is 2. The highest BCUT2D eigenvalue weighted by atomic mass is 79.9. The van der Waals surface area contributed by atoms with Crippen LogP contribution in [0.4, 0.5) is 15.9 Å². The molecule has 1 unspecified atom stereocenters. The van der Waals surface area contributed by atoms with Gasteiger partial charge in [0.1, 0.15) is 24.4 Å². The third-order valence-corrected chi connectivity index (χ3v) is 5.97. The van der Waals surface area contributed by atoms with Gasteiger partial charge in [0.2, 0.25) is 0 Å². The third-order valence-electron chi connectivity index (χ3n) is 5.27. The molecule has 3 heterocycles. The van der Waals surface area contributed by atoms with Crippen molar-refractivity contribution < 1.29 is 23.3 Å². The van der Waals surface area contributed by atoms with Gasteiger partial charge in [-0.25, -0.2) is 14.4 Å². The highest BCUT2D eigenvalue weighted by Gasteiger charge is 2.49. The number of nitrogens with one attached hydrogen (secondary N) is 1. The van der Waals surface area contributed by atoms with Gasteiger partial charge in [-0.2, -0.15) is 0 Å². The molecular weight excluding hydrogens is 457 g/mol. The molecule has 2 fully saturated rings. The molecule has 30 heavy (non-hydrogen) atoms. The van der Waals surface area contributed by atoms with Crippen molar-refractivity contribution in [2.45, 2.75) is 24.5 Å². The van der Waals surface area contributed by atoms with E-state index in [0.29, 0.717) is 22.8 Å². The van der Waals surface area contributed by atoms with Crippen LogP contribution in [0.15, 0.2) is 47.2 Å². The summed E-state index contributed by atoms with van der Waals surface area (Å²) in [6, 6.07) is 11.4. The second-order valence-electron chi connectivity index (χ2n) is 7.12. The van der Waals surface area contributed by atoms with Crippen molar-refractivity contribution in [1.82, 2.24) is 9.97 Å². The fraction of sp³-hybridized carbons (Fsp3) is 0.333. The lowest BCUT2D eigenvalue weighted by Crippen LogP contribution is -2.33. The number of methoxy groups -OCH3 is 1. The number of hydrogen-bond donors (Lipinski definition) is 1. The summed E-state index contributed by atoms with van der Waals surface area (Å²) in [7, 11) is 1.57. The van der Waals surface area contributed by atoms with Crippen molar-refractivity contribution in [3.63, 3.8) is 0 Å². The van der Waals surface area contributed by atoms with E-state index < -0.39 is 24.5 Å². The SMILES string of the molecule is COc1cc2c(Nc3ccccc3Br)ncnc2cc1OC1CO[C@H]2[C@H](F)CO[C@@H]12. The zero-order chi connectivity index (χ0) is 20.7. The largest absolute Gasteiger partial charge is 0.493 e. The lowest BCUT2D eigenvalue weighted by Gasteiger charge is -2.20. The van der Waals surface area contributed by atoms with E-state index in [0.717, 1.165) is 15.5 Å². The van der Waals surface area contributed by atoms with Crippen molar-refractivity contribution >= 4 is 38.3 Å². The predicted molar refractivity (Wildman–Crippen MR) is 112 cm³/mol. The maximum absolute atomic E-state index is 13.8. The second-order valence-corrected chi connectivity index (χ2v) is 7.97. The molecule has 2 aromatic carbocycles. The molecule has 2 aliphatic heterocycles. The van der Waals surface area contributed by atoms with Crippen LogP contribution in [0.5, 0.6) is 11.5 Å². The van der Waals surface area contributed by atoms with Crippen LogP contribution >= 0.6 is 15.9 Å². The maximum atomic E-state index is 13.8. The molecule has 156 valence electrons. The average Bonchev–Trinajstić information content (AvgIpc) is 3.32. The normalized spacial score (nSPS) is 25.3. The minimum atomic E-state index is -1.12. The van der Waals surface area contributed by atoms with Crippen LogP contribution in [0.2, 0.25) is 0 Å². The number of halogens is 2. The molecule has 2 aliphatic rings. The molecule has 0 saturated carbocycles. The van der Waals surface area contributed by atoms with Crippen LogP contribution in [0.25, 0.3) is 10.9 Å². The van der Waals surface area contributed by atoms with Gasteiger partial charge < -0.3 is 24.3 Å². The molecule has 5 rings (SSSR count). The Balaban J connectivity index is 1.47. The summed E-state index contributed by atoms with van der Waals surface area (Å²) in [5.74, 6) is 1.65. The molecule has 7 nitrogen and oxygen atoms in total. The lowest BCUT2D eigenvalue weighted by atomic mass is 10.1. The predicted octanol–water partition coefficient (Wildman–Crippen LogP) is 4.03. The highest BCUT2D eigenvalue weighted by molar-refractivity contribution is 9.10. The Hall–Kier alpha value is -2.49. The number of aromatic nitrogens is 2. The molecule has 2 saturated heterocycles. The summed E-state index contributed by atoms with van der Waals surface area (Å²) in [5.41, 5.74) is 1.56. The van der Waals surface area contributed by atoms with Crippen molar-refractivity contribution in [1.29, 1.82) is 0 Å². The Morgan fingerprint density at radius 1 is 1.10 bits per heavy atom. The van der Waals surface area contributed by atoms with E-state index in [9.17, 15) is 4.39 Å². The smallest absolute Gasteiger partial charge is 0.164 e. The van der Waals surface area contributed by atoms with Crippen LogP contribution in [0.1, 0.15) is 0 Å². The highest BCUT2D eigenvalue weighted by Crippen LogP contribution is 2.38. The minimum Gasteiger partial charge on any atom is -0.493 e. The van der Waals surface area contributed by atoms with E-state index in [1.165, 1.54) is 6.33 Å². The van der Waals surface area contributed by atoms with Gasteiger partial charge in [0.15, 0.2) is 23.8 Å². The van der Waals surface area contributed by atoms with Gasteiger partial charge in [0.25, 0.3) is 0 Å². The molecule has 0 bridgehead atoms. The Kier molecular flexibility index (Phi) is 5.18. The van der Waals surface area contributed by atoms with Crippen molar-refractivity contribution in [3.05, 3.63) is 47.2 Å². The zero-order valence-electron chi connectivity index (χ0n) is 16.0. The quantitative estimate of drug-likeness (QED) is 0.596. The van der Waals surface area contributed by atoms with Gasteiger partial charge in [-0.15, -0.1) is 0 Å². The van der Waals surface area contributed by atoms with E-state index in [1.807, 2.05) is 30.3 Å². The molecule has 0 radical (unpaired) electrons. The van der Waals surface area contributed by atoms with E-state index in [4.69, 9.17) is 18.9 Å². The van der Waals surface area contributed by atoms with Gasteiger partial charge in [0.05, 0.1) is 31.5 Å². The topological polar surface area (TPSA) is 74.7 Å². The van der Waals surface area contributed by atoms with Crippen molar-refractivity contribution in [2.75, 3.05) is 25.6 Å². The first-order valence-electron chi connectivity index (χ1n) is 9.52. The summed E-state index contributed by atoms with van der Waals surface area (Å²) >= 11 is 3.53. The first-order valence-corrected chi connectivity index (χ1v) is 10.3. The lowest BCUT2D eigenvalue weighted by molar-refractivity contribution is 0.0271. The fourth-order valence-corrected chi connectivity index (χ4v) is 4.17. The summed E-state index contributed by atoms with van der Waals surface area (Å²) < 4.78 is 37.5. The van der Waals surface area contributed by atoms with Gasteiger partial charge in [-0.1, -0.05) is 12.1 Å². The fourth-order valence-electron chi connectivity index (χ4n) is 3.79. The van der Waals surface area contributed by atoms with Crippen molar-refractivity contribution in [3.8, 4) is 11.5 Å². The van der Waals surface area contributed by atoms with Crippen LogP contribution in [-0.2, 0) is 9.47 Å². The van der Waals surface area contributed by atoms with Crippen LogP contribution in [0.3, 0.4) is 0 Å². The number of rotatable bonds is 5. The zero-order valence-corrected chi connectivity index (χ0v) is 17.6. The van der Waals surface area contributed by atoms with E-state index >= 15 is 0 Å². The number of ether oxygens (including phenoxy) is 4. The van der Waals surface area contributed by atoms with E-state index in [2.05, 4.69) is 31.2 Å².